The van der Waals surface area contributed by atoms with Crippen molar-refractivity contribution in [2.75, 3.05) is 31.3 Å². The van der Waals surface area contributed by atoms with Gasteiger partial charge in [-0.05, 0) is 66.2 Å². The maximum Gasteiger partial charge on any atom is 0.392 e. The fraction of sp³-hybridized carbons (Fsp3) is 0.179. The maximum absolute atomic E-state index is 12.3. The average Bonchev–Trinajstić information content (AvgIpc) is 2.89. The number of alkyl halides is 3. The lowest BCUT2D eigenvalue weighted by Crippen LogP contribution is -2.13. The number of benzene rings is 3. The molecule has 3 rings (SSSR count). The van der Waals surface area contributed by atoms with E-state index in [0.717, 1.165) is 0 Å². The van der Waals surface area contributed by atoms with Crippen LogP contribution in [-0.2, 0) is 14.3 Å². The molecule has 0 spiro atoms. The fourth-order valence-electron chi connectivity index (χ4n) is 3.15. The number of hydrogen-bond acceptors (Lipinski definition) is 9. The topological polar surface area (TPSA) is 140 Å². The van der Waals surface area contributed by atoms with Gasteiger partial charge >= 0.3 is 24.1 Å². The van der Waals surface area contributed by atoms with E-state index in [2.05, 4.69) is 0 Å². The lowest BCUT2D eigenvalue weighted by atomic mass is 10.2. The molecule has 0 aliphatic carbocycles. The molecular formula is C28H25F3N2O7. The van der Waals surface area contributed by atoms with Gasteiger partial charge in [-0.15, -0.1) is 0 Å². The van der Waals surface area contributed by atoms with Gasteiger partial charge in [-0.1, -0.05) is 12.1 Å². The van der Waals surface area contributed by atoms with E-state index in [1.807, 2.05) is 0 Å². The molecule has 0 unspecified atom stereocenters. The smallest absolute Gasteiger partial charge is 0.392 e. The molecular weight excluding hydrogens is 533 g/mol. The third-order valence-electron chi connectivity index (χ3n) is 5.02. The van der Waals surface area contributed by atoms with Gasteiger partial charge in [0.25, 0.3) is 0 Å². The Bertz CT molecular complexity index is 1340. The Hall–Kier alpha value is -5.00. The Labute approximate surface area is 227 Å². The minimum absolute atomic E-state index is 0.164. The Morgan fingerprint density at radius 2 is 1.32 bits per heavy atom. The number of esters is 3. The van der Waals surface area contributed by atoms with Gasteiger partial charge < -0.3 is 30.4 Å². The Morgan fingerprint density at radius 3 is 1.95 bits per heavy atom. The van der Waals surface area contributed by atoms with Gasteiger partial charge in [-0.2, -0.15) is 13.2 Å². The number of nitrogen functional groups attached to an aromatic ring is 2. The second kappa shape index (κ2) is 13.7. The van der Waals surface area contributed by atoms with Crippen LogP contribution in [0.4, 0.5) is 24.5 Å². The summed E-state index contributed by atoms with van der Waals surface area (Å²) in [5.74, 6) is -1.56. The lowest BCUT2D eigenvalue weighted by Gasteiger charge is -2.09. The number of nitrogens with two attached hydrogens (primary N) is 2. The first-order valence-corrected chi connectivity index (χ1v) is 11.8. The van der Waals surface area contributed by atoms with Crippen LogP contribution in [0.15, 0.2) is 72.8 Å². The van der Waals surface area contributed by atoms with Crippen LogP contribution < -0.4 is 20.9 Å². The van der Waals surface area contributed by atoms with Crippen molar-refractivity contribution in [1.29, 1.82) is 0 Å². The molecule has 0 heterocycles. The third-order valence-corrected chi connectivity index (χ3v) is 5.02. The Kier molecular flexibility index (Phi) is 10.1. The van der Waals surface area contributed by atoms with Gasteiger partial charge in [0.05, 0.1) is 24.2 Å². The SMILES string of the molecule is Nc1cc(N)cc(C(=O)OCCOC(=O)/C=C/c2ccc(OC(=O)c3ccc(OCCC(F)(F)F)cc3)cc2)c1. The summed E-state index contributed by atoms with van der Waals surface area (Å²) in [6.07, 6.45) is -2.73. The molecule has 40 heavy (non-hydrogen) atoms. The molecule has 0 radical (unpaired) electrons. The van der Waals surface area contributed by atoms with Crippen LogP contribution in [-0.4, -0.2) is 43.9 Å². The van der Waals surface area contributed by atoms with Crippen molar-refractivity contribution in [2.45, 2.75) is 12.6 Å². The van der Waals surface area contributed by atoms with Crippen molar-refractivity contribution >= 4 is 35.4 Å². The third kappa shape index (κ3) is 10.0. The van der Waals surface area contributed by atoms with Crippen molar-refractivity contribution in [1.82, 2.24) is 0 Å². The van der Waals surface area contributed by atoms with E-state index in [1.165, 1.54) is 66.7 Å². The van der Waals surface area contributed by atoms with Crippen molar-refractivity contribution in [3.05, 3.63) is 89.5 Å². The van der Waals surface area contributed by atoms with Gasteiger partial charge in [-0.3, -0.25) is 0 Å². The molecule has 0 bridgehead atoms. The van der Waals surface area contributed by atoms with E-state index < -0.39 is 37.1 Å². The summed E-state index contributed by atoms with van der Waals surface area (Å²) in [4.78, 5) is 36.2. The lowest BCUT2D eigenvalue weighted by molar-refractivity contribution is -0.140. The summed E-state index contributed by atoms with van der Waals surface area (Å²) in [6, 6.07) is 16.1. The highest BCUT2D eigenvalue weighted by Gasteiger charge is 2.26. The predicted molar refractivity (Wildman–Crippen MR) is 140 cm³/mol. The normalized spacial score (nSPS) is 11.2. The van der Waals surface area contributed by atoms with E-state index in [9.17, 15) is 27.6 Å². The molecule has 0 amide bonds. The second-order valence-electron chi connectivity index (χ2n) is 8.22. The number of carbonyl (C=O) groups is 3. The molecule has 0 atom stereocenters. The highest BCUT2D eigenvalue weighted by molar-refractivity contribution is 5.92. The zero-order valence-electron chi connectivity index (χ0n) is 21.0. The molecule has 0 saturated heterocycles. The number of anilines is 2. The molecule has 3 aromatic rings. The van der Waals surface area contributed by atoms with Crippen molar-refractivity contribution in [2.24, 2.45) is 0 Å². The number of halogens is 3. The van der Waals surface area contributed by atoms with Crippen LogP contribution >= 0.6 is 0 Å². The van der Waals surface area contributed by atoms with Gasteiger partial charge in [-0.25, -0.2) is 14.4 Å². The van der Waals surface area contributed by atoms with Gasteiger partial charge in [0.2, 0.25) is 0 Å². The Balaban J connectivity index is 1.39. The average molecular weight is 559 g/mol. The van der Waals surface area contributed by atoms with Gasteiger partial charge in [0, 0.05) is 17.5 Å². The van der Waals surface area contributed by atoms with Crippen LogP contribution in [0.2, 0.25) is 0 Å². The van der Waals surface area contributed by atoms with Crippen LogP contribution in [0.3, 0.4) is 0 Å². The summed E-state index contributed by atoms with van der Waals surface area (Å²) in [7, 11) is 0. The molecule has 9 nitrogen and oxygen atoms in total. The standard InChI is InChI=1S/C28H25F3N2O7/c29-28(30,31)11-12-37-23-8-4-19(5-9-23)27(36)40-24-6-1-18(2-7-24)3-10-25(34)38-13-14-39-26(35)20-15-21(32)17-22(33)16-20/h1-10,15-17H,11-14,32-33H2/b10-3+. The van der Waals surface area contributed by atoms with E-state index in [1.54, 1.807) is 12.1 Å². The van der Waals surface area contributed by atoms with Crippen molar-refractivity contribution < 1.29 is 46.5 Å². The summed E-state index contributed by atoms with van der Waals surface area (Å²) in [5.41, 5.74) is 12.9. The van der Waals surface area contributed by atoms with Crippen molar-refractivity contribution in [3.63, 3.8) is 0 Å². The second-order valence-corrected chi connectivity index (χ2v) is 8.22. The number of rotatable bonds is 11. The number of ether oxygens (including phenoxy) is 4. The first kappa shape index (κ1) is 29.6. The minimum Gasteiger partial charge on any atom is -0.493 e. The highest BCUT2D eigenvalue weighted by atomic mass is 19.4. The van der Waals surface area contributed by atoms with Gasteiger partial charge in [0.15, 0.2) is 0 Å². The molecule has 12 heteroatoms. The fourth-order valence-corrected chi connectivity index (χ4v) is 3.15. The molecule has 210 valence electrons. The van der Waals surface area contributed by atoms with E-state index in [-0.39, 0.29) is 35.8 Å². The summed E-state index contributed by atoms with van der Waals surface area (Å²) < 4.78 is 56.9. The van der Waals surface area contributed by atoms with Crippen molar-refractivity contribution in [3.8, 4) is 11.5 Å². The number of carbonyl (C=O) groups excluding carboxylic acids is 3. The molecule has 3 aromatic carbocycles. The van der Waals surface area contributed by atoms with Crippen LogP contribution in [0.1, 0.15) is 32.7 Å². The molecule has 0 fully saturated rings. The van der Waals surface area contributed by atoms with E-state index >= 15 is 0 Å². The first-order chi connectivity index (χ1) is 19.0. The molecule has 0 saturated carbocycles. The van der Waals surface area contributed by atoms with E-state index in [0.29, 0.717) is 16.9 Å². The quantitative estimate of drug-likeness (QED) is 0.111. The maximum atomic E-state index is 12.3. The van der Waals surface area contributed by atoms with Gasteiger partial charge in [0.1, 0.15) is 24.7 Å². The Morgan fingerprint density at radius 1 is 0.725 bits per heavy atom. The number of hydrogen-bond donors (Lipinski definition) is 2. The highest BCUT2D eigenvalue weighted by Crippen LogP contribution is 2.21. The van der Waals surface area contributed by atoms with Crippen LogP contribution in [0, 0.1) is 0 Å². The minimum atomic E-state index is -4.31. The van der Waals surface area contributed by atoms with Crippen LogP contribution in [0.5, 0.6) is 11.5 Å². The summed E-state index contributed by atoms with van der Waals surface area (Å²) in [5, 5.41) is 0. The molecule has 4 N–H and O–H groups in total. The van der Waals surface area contributed by atoms with Crippen LogP contribution in [0.25, 0.3) is 6.08 Å². The first-order valence-electron chi connectivity index (χ1n) is 11.8. The monoisotopic (exact) mass is 558 g/mol. The summed E-state index contributed by atoms with van der Waals surface area (Å²) >= 11 is 0. The predicted octanol–water partition coefficient (Wildman–Crippen LogP) is 4.81. The largest absolute Gasteiger partial charge is 0.493 e. The zero-order chi connectivity index (χ0) is 29.1. The summed E-state index contributed by atoms with van der Waals surface area (Å²) in [6.45, 7) is -0.855. The molecule has 0 aliphatic rings. The molecule has 0 aromatic heterocycles. The zero-order valence-corrected chi connectivity index (χ0v) is 21.0. The van der Waals surface area contributed by atoms with E-state index in [4.69, 9.17) is 30.4 Å². The molecule has 0 aliphatic heterocycles.